The molecule has 1 atom stereocenters. The van der Waals surface area contributed by atoms with Gasteiger partial charge >= 0.3 is 5.69 Å². The molecule has 5 nitrogen and oxygen atoms in total. The smallest absolute Gasteiger partial charge is 0.307 e. The van der Waals surface area contributed by atoms with Crippen LogP contribution in [-0.4, -0.2) is 17.3 Å². The van der Waals surface area contributed by atoms with Crippen molar-refractivity contribution in [3.63, 3.8) is 0 Å². The molecule has 19 heavy (non-hydrogen) atoms. The van der Waals surface area contributed by atoms with Crippen molar-refractivity contribution in [1.29, 1.82) is 0 Å². The van der Waals surface area contributed by atoms with E-state index in [9.17, 15) is 23.7 Å². The lowest BCUT2D eigenvalue weighted by atomic mass is 10.0. The van der Waals surface area contributed by atoms with Gasteiger partial charge in [-0.3, -0.25) is 14.9 Å². The Balaban J connectivity index is 2.83. The lowest BCUT2D eigenvalue weighted by Crippen LogP contribution is -2.19. The van der Waals surface area contributed by atoms with E-state index in [4.69, 9.17) is 4.74 Å². The molecule has 0 fully saturated rings. The van der Waals surface area contributed by atoms with Crippen molar-refractivity contribution in [1.82, 2.24) is 0 Å². The number of Topliss-reactive ketones (excluding diaryl/α,β-unsaturated/α-hetero) is 1. The third-order valence-corrected chi connectivity index (χ3v) is 2.73. The Labute approximate surface area is 108 Å². The topological polar surface area (TPSA) is 69.4 Å². The zero-order valence-corrected chi connectivity index (χ0v) is 10.5. The summed E-state index contributed by atoms with van der Waals surface area (Å²) in [6.45, 7) is 3.11. The standard InChI is InChI=1S/C12H13F2NO4/c1-3-7(2)11(16)6-19-12-5-8(13)10(15(17)18)4-9(12)14/h4-5,7H,3,6H2,1-2H3. The van der Waals surface area contributed by atoms with Gasteiger partial charge in [0.2, 0.25) is 5.82 Å². The molecule has 0 radical (unpaired) electrons. The van der Waals surface area contributed by atoms with E-state index in [1.54, 1.807) is 6.92 Å². The van der Waals surface area contributed by atoms with Crippen LogP contribution in [0.15, 0.2) is 12.1 Å². The van der Waals surface area contributed by atoms with Gasteiger partial charge in [-0.05, 0) is 6.42 Å². The van der Waals surface area contributed by atoms with Gasteiger partial charge in [0.15, 0.2) is 17.3 Å². The highest BCUT2D eigenvalue weighted by Crippen LogP contribution is 2.26. The Morgan fingerprint density at radius 1 is 1.42 bits per heavy atom. The quantitative estimate of drug-likeness (QED) is 0.590. The van der Waals surface area contributed by atoms with Crippen LogP contribution in [-0.2, 0) is 4.79 Å². The monoisotopic (exact) mass is 273 g/mol. The van der Waals surface area contributed by atoms with E-state index in [0.717, 1.165) is 0 Å². The van der Waals surface area contributed by atoms with Gasteiger partial charge in [0.25, 0.3) is 0 Å². The number of halogens is 2. The molecule has 0 aliphatic carbocycles. The number of nitro groups is 1. The highest BCUT2D eigenvalue weighted by Gasteiger charge is 2.20. The first-order chi connectivity index (χ1) is 8.86. The summed E-state index contributed by atoms with van der Waals surface area (Å²) in [4.78, 5) is 20.8. The number of nitrogens with zero attached hydrogens (tertiary/aromatic N) is 1. The predicted molar refractivity (Wildman–Crippen MR) is 63.0 cm³/mol. The molecule has 1 aromatic rings. The Hall–Kier alpha value is -2.05. The van der Waals surface area contributed by atoms with E-state index in [1.165, 1.54) is 0 Å². The van der Waals surface area contributed by atoms with Crippen LogP contribution in [0.25, 0.3) is 0 Å². The van der Waals surface area contributed by atoms with Crippen LogP contribution in [0.1, 0.15) is 20.3 Å². The van der Waals surface area contributed by atoms with Gasteiger partial charge in [-0.2, -0.15) is 4.39 Å². The maximum absolute atomic E-state index is 13.4. The molecule has 0 spiro atoms. The minimum atomic E-state index is -1.21. The van der Waals surface area contributed by atoms with Crippen LogP contribution in [0.4, 0.5) is 14.5 Å². The number of nitro benzene ring substituents is 1. The highest BCUT2D eigenvalue weighted by atomic mass is 19.1. The third kappa shape index (κ3) is 3.70. The molecule has 0 amide bonds. The Kier molecular flexibility index (Phi) is 4.91. The van der Waals surface area contributed by atoms with Crippen molar-refractivity contribution in [2.45, 2.75) is 20.3 Å². The second-order valence-corrected chi connectivity index (χ2v) is 4.06. The molecule has 0 aliphatic rings. The van der Waals surface area contributed by atoms with E-state index >= 15 is 0 Å². The van der Waals surface area contributed by atoms with Crippen molar-refractivity contribution in [2.24, 2.45) is 5.92 Å². The Bertz CT molecular complexity index is 505. The largest absolute Gasteiger partial charge is 0.483 e. The van der Waals surface area contributed by atoms with Crippen molar-refractivity contribution in [2.75, 3.05) is 6.61 Å². The molecule has 0 aromatic heterocycles. The molecular weight excluding hydrogens is 260 g/mol. The number of benzene rings is 1. The van der Waals surface area contributed by atoms with Crippen LogP contribution in [0.5, 0.6) is 5.75 Å². The number of rotatable bonds is 6. The van der Waals surface area contributed by atoms with Crippen LogP contribution in [0.3, 0.4) is 0 Å². The average molecular weight is 273 g/mol. The third-order valence-electron chi connectivity index (χ3n) is 2.73. The van der Waals surface area contributed by atoms with E-state index < -0.39 is 34.6 Å². The summed E-state index contributed by atoms with van der Waals surface area (Å²) in [7, 11) is 0. The van der Waals surface area contributed by atoms with Crippen LogP contribution in [0, 0.1) is 27.7 Å². The molecule has 0 N–H and O–H groups in total. The first-order valence-corrected chi connectivity index (χ1v) is 5.65. The lowest BCUT2D eigenvalue weighted by Gasteiger charge is -2.10. The number of hydrogen-bond acceptors (Lipinski definition) is 4. The van der Waals surface area contributed by atoms with Crippen molar-refractivity contribution >= 4 is 11.5 Å². The fraction of sp³-hybridized carbons (Fsp3) is 0.417. The van der Waals surface area contributed by atoms with Gasteiger partial charge < -0.3 is 4.74 Å². The fourth-order valence-electron chi connectivity index (χ4n) is 1.29. The van der Waals surface area contributed by atoms with E-state index in [0.29, 0.717) is 18.6 Å². The fourth-order valence-corrected chi connectivity index (χ4v) is 1.29. The summed E-state index contributed by atoms with van der Waals surface area (Å²) < 4.78 is 31.5. The molecule has 1 rings (SSSR count). The number of ether oxygens (including phenoxy) is 1. The Morgan fingerprint density at radius 3 is 2.58 bits per heavy atom. The van der Waals surface area contributed by atoms with Gasteiger partial charge in [0, 0.05) is 12.0 Å². The minimum absolute atomic E-state index is 0.244. The summed E-state index contributed by atoms with van der Waals surface area (Å²) in [5, 5.41) is 10.4. The summed E-state index contributed by atoms with van der Waals surface area (Å²) in [6.07, 6.45) is 0.610. The Morgan fingerprint density at radius 2 is 2.05 bits per heavy atom. The molecule has 0 saturated heterocycles. The zero-order valence-electron chi connectivity index (χ0n) is 10.5. The maximum atomic E-state index is 13.4. The first-order valence-electron chi connectivity index (χ1n) is 5.65. The SMILES string of the molecule is CCC(C)C(=O)COc1cc(F)c([N+](=O)[O-])cc1F. The molecule has 0 saturated carbocycles. The zero-order chi connectivity index (χ0) is 14.6. The van der Waals surface area contributed by atoms with Crippen molar-refractivity contribution in [3.8, 4) is 5.75 Å². The van der Waals surface area contributed by atoms with E-state index in [1.807, 2.05) is 6.92 Å². The van der Waals surface area contributed by atoms with Gasteiger partial charge in [0.05, 0.1) is 11.0 Å². The average Bonchev–Trinajstić information content (AvgIpc) is 2.37. The van der Waals surface area contributed by atoms with Gasteiger partial charge in [-0.15, -0.1) is 0 Å². The lowest BCUT2D eigenvalue weighted by molar-refractivity contribution is -0.387. The molecule has 1 unspecified atom stereocenters. The highest BCUT2D eigenvalue weighted by molar-refractivity contribution is 5.82. The summed E-state index contributed by atoms with van der Waals surface area (Å²) in [6, 6.07) is 0.996. The van der Waals surface area contributed by atoms with Gasteiger partial charge in [0.1, 0.15) is 6.61 Å². The molecule has 7 heteroatoms. The molecular formula is C12H13F2NO4. The molecule has 0 bridgehead atoms. The maximum Gasteiger partial charge on any atom is 0.307 e. The normalized spacial score (nSPS) is 12.0. The molecule has 104 valence electrons. The summed E-state index contributed by atoms with van der Waals surface area (Å²) in [5.41, 5.74) is -0.974. The van der Waals surface area contributed by atoms with E-state index in [2.05, 4.69) is 0 Å². The van der Waals surface area contributed by atoms with E-state index in [-0.39, 0.29) is 11.7 Å². The minimum Gasteiger partial charge on any atom is -0.483 e. The summed E-state index contributed by atoms with van der Waals surface area (Å²) in [5.74, 6) is -3.30. The van der Waals surface area contributed by atoms with Crippen molar-refractivity contribution < 1.29 is 23.2 Å². The molecule has 0 aliphatic heterocycles. The van der Waals surface area contributed by atoms with Gasteiger partial charge in [-0.25, -0.2) is 4.39 Å². The van der Waals surface area contributed by atoms with Crippen LogP contribution < -0.4 is 4.74 Å². The number of carbonyl (C=O) groups is 1. The van der Waals surface area contributed by atoms with Crippen LogP contribution in [0.2, 0.25) is 0 Å². The van der Waals surface area contributed by atoms with Gasteiger partial charge in [-0.1, -0.05) is 13.8 Å². The number of carbonyl (C=O) groups excluding carboxylic acids is 1. The second-order valence-electron chi connectivity index (χ2n) is 4.06. The predicted octanol–water partition coefficient (Wildman–Crippen LogP) is 2.87. The summed E-state index contributed by atoms with van der Waals surface area (Å²) >= 11 is 0. The molecule has 1 aromatic carbocycles. The van der Waals surface area contributed by atoms with Crippen molar-refractivity contribution in [3.05, 3.63) is 33.9 Å². The number of hydrogen-bond donors (Lipinski definition) is 0. The van der Waals surface area contributed by atoms with Crippen LogP contribution >= 0.6 is 0 Å². The number of ketones is 1. The second kappa shape index (κ2) is 6.21. The first kappa shape index (κ1) is 15.0. The molecule has 0 heterocycles.